The minimum absolute atomic E-state index is 0.109. The van der Waals surface area contributed by atoms with Gasteiger partial charge in [-0.05, 0) is 24.1 Å². The number of carbonyl (C=O) groups is 1. The summed E-state index contributed by atoms with van der Waals surface area (Å²) in [6.07, 6.45) is 4.88. The van der Waals surface area contributed by atoms with Gasteiger partial charge in [0.05, 0.1) is 6.20 Å². The molecule has 0 saturated carbocycles. The second kappa shape index (κ2) is 7.28. The molecular formula is C14H13F2N3O2. The number of benzene rings is 1. The first-order valence-electron chi connectivity index (χ1n) is 6.23. The van der Waals surface area contributed by atoms with Crippen molar-refractivity contribution in [2.75, 3.05) is 6.54 Å². The highest BCUT2D eigenvalue weighted by Crippen LogP contribution is 2.14. The maximum atomic E-state index is 12.0. The van der Waals surface area contributed by atoms with Gasteiger partial charge in [0.15, 0.2) is 0 Å². The second-order valence-electron chi connectivity index (χ2n) is 4.12. The maximum Gasteiger partial charge on any atom is 0.387 e. The number of aromatic nitrogens is 2. The predicted octanol–water partition coefficient (Wildman–Crippen LogP) is 2.05. The molecular weight excluding hydrogens is 280 g/mol. The third kappa shape index (κ3) is 4.79. The number of ether oxygens (including phenoxy) is 1. The molecule has 0 aliphatic rings. The van der Waals surface area contributed by atoms with Gasteiger partial charge in [-0.1, -0.05) is 12.1 Å². The number of alkyl halides is 2. The first kappa shape index (κ1) is 14.8. The van der Waals surface area contributed by atoms with E-state index in [-0.39, 0.29) is 17.4 Å². The fraction of sp³-hybridized carbons (Fsp3) is 0.214. The van der Waals surface area contributed by atoms with Crippen LogP contribution in [0, 0.1) is 0 Å². The van der Waals surface area contributed by atoms with Gasteiger partial charge in [-0.15, -0.1) is 0 Å². The van der Waals surface area contributed by atoms with Gasteiger partial charge >= 0.3 is 6.61 Å². The Morgan fingerprint density at radius 1 is 1.24 bits per heavy atom. The Morgan fingerprint density at radius 3 is 2.62 bits per heavy atom. The molecule has 0 radical (unpaired) electrons. The molecule has 0 spiro atoms. The summed E-state index contributed by atoms with van der Waals surface area (Å²) in [5, 5.41) is 2.70. The van der Waals surface area contributed by atoms with Crippen LogP contribution >= 0.6 is 0 Å². The SMILES string of the molecule is O=C(NCCc1ccc(OC(F)F)cc1)c1cnccn1. The number of halogens is 2. The van der Waals surface area contributed by atoms with Gasteiger partial charge in [-0.25, -0.2) is 4.98 Å². The predicted molar refractivity (Wildman–Crippen MR) is 71.1 cm³/mol. The number of hydrogen-bond donors (Lipinski definition) is 1. The van der Waals surface area contributed by atoms with Gasteiger partial charge < -0.3 is 10.1 Å². The van der Waals surface area contributed by atoms with E-state index in [0.717, 1.165) is 5.56 Å². The van der Waals surface area contributed by atoms with Crippen LogP contribution in [0.4, 0.5) is 8.78 Å². The van der Waals surface area contributed by atoms with E-state index in [4.69, 9.17) is 0 Å². The fourth-order valence-corrected chi connectivity index (χ4v) is 1.66. The molecule has 1 aromatic heterocycles. The maximum absolute atomic E-state index is 12.0. The molecule has 21 heavy (non-hydrogen) atoms. The van der Waals surface area contributed by atoms with Gasteiger partial charge in [-0.2, -0.15) is 8.78 Å². The lowest BCUT2D eigenvalue weighted by Gasteiger charge is -2.07. The number of nitrogens with zero attached hydrogens (tertiary/aromatic N) is 2. The third-order valence-electron chi connectivity index (χ3n) is 2.64. The smallest absolute Gasteiger partial charge is 0.387 e. The van der Waals surface area contributed by atoms with Crippen molar-refractivity contribution in [3.63, 3.8) is 0 Å². The van der Waals surface area contributed by atoms with E-state index < -0.39 is 6.61 Å². The van der Waals surface area contributed by atoms with Crippen molar-refractivity contribution in [2.45, 2.75) is 13.0 Å². The quantitative estimate of drug-likeness (QED) is 0.885. The van der Waals surface area contributed by atoms with Crippen molar-refractivity contribution in [3.05, 3.63) is 54.1 Å². The van der Waals surface area contributed by atoms with Crippen molar-refractivity contribution in [1.82, 2.24) is 15.3 Å². The zero-order chi connectivity index (χ0) is 15.1. The molecule has 0 unspecified atom stereocenters. The van der Waals surface area contributed by atoms with E-state index in [9.17, 15) is 13.6 Å². The van der Waals surface area contributed by atoms with Gasteiger partial charge in [0, 0.05) is 18.9 Å². The molecule has 0 bridgehead atoms. The number of hydrogen-bond acceptors (Lipinski definition) is 4. The van der Waals surface area contributed by atoms with Crippen molar-refractivity contribution >= 4 is 5.91 Å². The largest absolute Gasteiger partial charge is 0.435 e. The highest BCUT2D eigenvalue weighted by Gasteiger charge is 2.06. The molecule has 0 fully saturated rings. The summed E-state index contributed by atoms with van der Waals surface area (Å²) in [7, 11) is 0. The van der Waals surface area contributed by atoms with Crippen molar-refractivity contribution < 1.29 is 18.3 Å². The van der Waals surface area contributed by atoms with Crippen LogP contribution in [0.15, 0.2) is 42.9 Å². The summed E-state index contributed by atoms with van der Waals surface area (Å²) < 4.78 is 28.2. The number of amides is 1. The van der Waals surface area contributed by atoms with E-state index in [2.05, 4.69) is 20.0 Å². The Bertz CT molecular complexity index is 577. The lowest BCUT2D eigenvalue weighted by molar-refractivity contribution is -0.0498. The van der Waals surface area contributed by atoms with Gasteiger partial charge in [0.25, 0.3) is 5.91 Å². The summed E-state index contributed by atoms with van der Waals surface area (Å²) in [5.74, 6) is -0.196. The molecule has 2 rings (SSSR count). The molecule has 5 nitrogen and oxygen atoms in total. The molecule has 0 atom stereocenters. The van der Waals surface area contributed by atoms with Crippen LogP contribution in [-0.2, 0) is 6.42 Å². The van der Waals surface area contributed by atoms with Gasteiger partial charge in [0.1, 0.15) is 11.4 Å². The minimum Gasteiger partial charge on any atom is -0.435 e. The van der Waals surface area contributed by atoms with E-state index >= 15 is 0 Å². The van der Waals surface area contributed by atoms with Crippen LogP contribution in [0.5, 0.6) is 5.75 Å². The molecule has 1 N–H and O–H groups in total. The van der Waals surface area contributed by atoms with Crippen molar-refractivity contribution in [1.29, 1.82) is 0 Å². The van der Waals surface area contributed by atoms with E-state index in [1.165, 1.54) is 30.7 Å². The molecule has 1 amide bonds. The Kier molecular flexibility index (Phi) is 5.14. The Morgan fingerprint density at radius 2 is 2.00 bits per heavy atom. The van der Waals surface area contributed by atoms with E-state index in [1.54, 1.807) is 12.1 Å². The van der Waals surface area contributed by atoms with Crippen molar-refractivity contribution in [3.8, 4) is 5.75 Å². The molecule has 0 aliphatic heterocycles. The standard InChI is InChI=1S/C14H13F2N3O2/c15-14(16)21-11-3-1-10(2-4-11)5-6-19-13(20)12-9-17-7-8-18-12/h1-4,7-9,14H,5-6H2,(H,19,20). The molecule has 0 aliphatic carbocycles. The average Bonchev–Trinajstić information content (AvgIpc) is 2.49. The summed E-state index contributed by atoms with van der Waals surface area (Å²) in [6.45, 7) is -2.42. The Labute approximate surface area is 120 Å². The fourth-order valence-electron chi connectivity index (χ4n) is 1.66. The molecule has 0 saturated heterocycles. The first-order valence-corrected chi connectivity index (χ1v) is 6.23. The lowest BCUT2D eigenvalue weighted by Crippen LogP contribution is -2.26. The lowest BCUT2D eigenvalue weighted by atomic mass is 10.1. The van der Waals surface area contributed by atoms with Gasteiger partial charge in [-0.3, -0.25) is 9.78 Å². The van der Waals surface area contributed by atoms with Gasteiger partial charge in [0.2, 0.25) is 0 Å². The van der Waals surface area contributed by atoms with Crippen molar-refractivity contribution in [2.24, 2.45) is 0 Å². The van der Waals surface area contributed by atoms with Crippen LogP contribution < -0.4 is 10.1 Å². The van der Waals surface area contributed by atoms with E-state index in [1.807, 2.05) is 0 Å². The third-order valence-corrected chi connectivity index (χ3v) is 2.64. The second-order valence-corrected chi connectivity index (χ2v) is 4.12. The Balaban J connectivity index is 1.79. The number of rotatable bonds is 6. The molecule has 2 aromatic rings. The topological polar surface area (TPSA) is 64.1 Å². The summed E-state index contributed by atoms with van der Waals surface area (Å²) in [6, 6.07) is 6.27. The molecule has 7 heteroatoms. The Hall–Kier alpha value is -2.57. The zero-order valence-corrected chi connectivity index (χ0v) is 11.0. The van der Waals surface area contributed by atoms with Crippen LogP contribution in [-0.4, -0.2) is 29.0 Å². The summed E-state index contributed by atoms with van der Waals surface area (Å²) in [4.78, 5) is 19.4. The van der Waals surface area contributed by atoms with Crippen LogP contribution in [0.2, 0.25) is 0 Å². The normalized spacial score (nSPS) is 10.4. The summed E-state index contributed by atoms with van der Waals surface area (Å²) in [5.41, 5.74) is 1.15. The summed E-state index contributed by atoms with van der Waals surface area (Å²) >= 11 is 0. The molecule has 1 heterocycles. The monoisotopic (exact) mass is 293 g/mol. The zero-order valence-electron chi connectivity index (χ0n) is 11.0. The highest BCUT2D eigenvalue weighted by molar-refractivity contribution is 5.91. The van der Waals surface area contributed by atoms with E-state index in [0.29, 0.717) is 13.0 Å². The van der Waals surface area contributed by atoms with Crippen LogP contribution in [0.25, 0.3) is 0 Å². The van der Waals surface area contributed by atoms with Crippen LogP contribution in [0.3, 0.4) is 0 Å². The average molecular weight is 293 g/mol. The number of carbonyl (C=O) groups excluding carboxylic acids is 1. The number of nitrogens with one attached hydrogen (secondary N) is 1. The minimum atomic E-state index is -2.83. The first-order chi connectivity index (χ1) is 10.1. The van der Waals surface area contributed by atoms with Crippen LogP contribution in [0.1, 0.15) is 16.1 Å². The molecule has 110 valence electrons. The molecule has 1 aromatic carbocycles. The highest BCUT2D eigenvalue weighted by atomic mass is 19.3.